The summed E-state index contributed by atoms with van der Waals surface area (Å²) in [5, 5.41) is 3.66. The Labute approximate surface area is 98.2 Å². The molecular formula is C14H22N2. The lowest BCUT2D eigenvalue weighted by molar-refractivity contribution is 0.500. The minimum atomic E-state index is 0.571. The fraction of sp³-hybridized carbons (Fsp3) is 0.571. The van der Waals surface area contributed by atoms with Gasteiger partial charge in [-0.2, -0.15) is 0 Å². The van der Waals surface area contributed by atoms with E-state index in [-0.39, 0.29) is 0 Å². The largest absolute Gasteiger partial charge is 0.399 e. The first-order valence-corrected chi connectivity index (χ1v) is 6.34. The SMILES string of the molecule is CC(CNC1CCCC1)c1ccc(N)cc1. The minimum Gasteiger partial charge on any atom is -0.399 e. The van der Waals surface area contributed by atoms with Crippen molar-refractivity contribution in [1.82, 2.24) is 5.32 Å². The molecule has 1 aromatic rings. The molecule has 0 aliphatic heterocycles. The van der Waals surface area contributed by atoms with Crippen molar-refractivity contribution in [2.45, 2.75) is 44.6 Å². The van der Waals surface area contributed by atoms with E-state index in [0.29, 0.717) is 5.92 Å². The molecule has 0 saturated heterocycles. The topological polar surface area (TPSA) is 38.0 Å². The van der Waals surface area contributed by atoms with Gasteiger partial charge in [-0.3, -0.25) is 0 Å². The average molecular weight is 218 g/mol. The van der Waals surface area contributed by atoms with E-state index >= 15 is 0 Å². The van der Waals surface area contributed by atoms with Gasteiger partial charge >= 0.3 is 0 Å². The summed E-state index contributed by atoms with van der Waals surface area (Å²) in [6.45, 7) is 3.35. The molecule has 1 aliphatic carbocycles. The molecule has 0 amide bonds. The third-order valence-corrected chi connectivity index (χ3v) is 3.57. The Balaban J connectivity index is 1.82. The van der Waals surface area contributed by atoms with Crippen LogP contribution in [0.25, 0.3) is 0 Å². The van der Waals surface area contributed by atoms with Crippen molar-refractivity contribution in [3.8, 4) is 0 Å². The van der Waals surface area contributed by atoms with Gasteiger partial charge in [0.2, 0.25) is 0 Å². The summed E-state index contributed by atoms with van der Waals surface area (Å²) >= 11 is 0. The number of nitrogen functional groups attached to an aromatic ring is 1. The van der Waals surface area contributed by atoms with Crippen LogP contribution in [0.4, 0.5) is 5.69 Å². The predicted octanol–water partition coefficient (Wildman–Crippen LogP) is 2.90. The number of hydrogen-bond donors (Lipinski definition) is 2. The standard InChI is InChI=1S/C14H22N2/c1-11(10-16-14-4-2-3-5-14)12-6-8-13(15)9-7-12/h6-9,11,14,16H,2-5,10,15H2,1H3. The third kappa shape index (κ3) is 2.99. The number of hydrogen-bond acceptors (Lipinski definition) is 2. The van der Waals surface area contributed by atoms with Crippen molar-refractivity contribution < 1.29 is 0 Å². The van der Waals surface area contributed by atoms with Crippen LogP contribution in [0.5, 0.6) is 0 Å². The second-order valence-corrected chi connectivity index (χ2v) is 4.96. The maximum atomic E-state index is 5.68. The van der Waals surface area contributed by atoms with Gasteiger partial charge in [0.1, 0.15) is 0 Å². The predicted molar refractivity (Wildman–Crippen MR) is 69.5 cm³/mol. The van der Waals surface area contributed by atoms with E-state index in [1.54, 1.807) is 0 Å². The van der Waals surface area contributed by atoms with Gasteiger partial charge in [0, 0.05) is 18.3 Å². The number of nitrogens with two attached hydrogens (primary N) is 1. The first kappa shape index (κ1) is 11.5. The minimum absolute atomic E-state index is 0.571. The number of anilines is 1. The zero-order valence-electron chi connectivity index (χ0n) is 10.1. The monoisotopic (exact) mass is 218 g/mol. The van der Waals surface area contributed by atoms with Crippen LogP contribution in [-0.2, 0) is 0 Å². The summed E-state index contributed by atoms with van der Waals surface area (Å²) in [5.74, 6) is 0.571. The Morgan fingerprint density at radius 2 is 1.88 bits per heavy atom. The first-order chi connectivity index (χ1) is 7.75. The molecule has 0 heterocycles. The molecule has 1 aromatic carbocycles. The average Bonchev–Trinajstić information content (AvgIpc) is 2.80. The van der Waals surface area contributed by atoms with Crippen LogP contribution in [-0.4, -0.2) is 12.6 Å². The van der Waals surface area contributed by atoms with Crippen LogP contribution in [0.2, 0.25) is 0 Å². The molecule has 1 saturated carbocycles. The number of nitrogens with one attached hydrogen (secondary N) is 1. The fourth-order valence-electron chi connectivity index (χ4n) is 2.42. The van der Waals surface area contributed by atoms with Crippen molar-refractivity contribution in [3.05, 3.63) is 29.8 Å². The lowest BCUT2D eigenvalue weighted by Gasteiger charge is -2.17. The summed E-state index contributed by atoms with van der Waals surface area (Å²) in [7, 11) is 0. The Morgan fingerprint density at radius 3 is 2.50 bits per heavy atom. The molecule has 0 aromatic heterocycles. The van der Waals surface area contributed by atoms with Crippen molar-refractivity contribution in [1.29, 1.82) is 0 Å². The van der Waals surface area contributed by atoms with Gasteiger partial charge in [-0.25, -0.2) is 0 Å². The Bertz CT molecular complexity index is 312. The van der Waals surface area contributed by atoms with Gasteiger partial charge in [0.05, 0.1) is 0 Å². The zero-order valence-corrected chi connectivity index (χ0v) is 10.1. The summed E-state index contributed by atoms with van der Waals surface area (Å²) in [5.41, 5.74) is 7.91. The molecule has 1 unspecified atom stereocenters. The van der Waals surface area contributed by atoms with Crippen LogP contribution in [0.15, 0.2) is 24.3 Å². The molecule has 0 bridgehead atoms. The maximum Gasteiger partial charge on any atom is 0.0314 e. The van der Waals surface area contributed by atoms with Gasteiger partial charge in [0.25, 0.3) is 0 Å². The Hall–Kier alpha value is -1.02. The van der Waals surface area contributed by atoms with E-state index in [1.165, 1.54) is 31.2 Å². The molecule has 1 atom stereocenters. The molecule has 16 heavy (non-hydrogen) atoms. The molecule has 88 valence electrons. The maximum absolute atomic E-state index is 5.68. The van der Waals surface area contributed by atoms with Crippen LogP contribution in [0.1, 0.15) is 44.1 Å². The molecule has 1 fully saturated rings. The fourth-order valence-corrected chi connectivity index (χ4v) is 2.42. The van der Waals surface area contributed by atoms with Gasteiger partial charge in [-0.1, -0.05) is 31.9 Å². The summed E-state index contributed by atoms with van der Waals surface area (Å²) in [6.07, 6.45) is 5.50. The highest BCUT2D eigenvalue weighted by Crippen LogP contribution is 2.20. The molecule has 0 spiro atoms. The first-order valence-electron chi connectivity index (χ1n) is 6.34. The Kier molecular flexibility index (Phi) is 3.83. The van der Waals surface area contributed by atoms with E-state index < -0.39 is 0 Å². The van der Waals surface area contributed by atoms with Gasteiger partial charge < -0.3 is 11.1 Å². The van der Waals surface area contributed by atoms with Crippen LogP contribution in [0.3, 0.4) is 0 Å². The quantitative estimate of drug-likeness (QED) is 0.763. The lowest BCUT2D eigenvalue weighted by Crippen LogP contribution is -2.29. The molecule has 0 radical (unpaired) electrons. The van der Waals surface area contributed by atoms with Crippen LogP contribution in [0, 0.1) is 0 Å². The van der Waals surface area contributed by atoms with Crippen LogP contribution < -0.4 is 11.1 Å². The summed E-state index contributed by atoms with van der Waals surface area (Å²) in [6, 6.07) is 9.01. The highest BCUT2D eigenvalue weighted by Gasteiger charge is 2.15. The highest BCUT2D eigenvalue weighted by molar-refractivity contribution is 5.40. The number of benzene rings is 1. The summed E-state index contributed by atoms with van der Waals surface area (Å²) in [4.78, 5) is 0. The molecule has 3 N–H and O–H groups in total. The summed E-state index contributed by atoms with van der Waals surface area (Å²) < 4.78 is 0. The van der Waals surface area contributed by atoms with Crippen molar-refractivity contribution in [2.24, 2.45) is 0 Å². The van der Waals surface area contributed by atoms with Crippen molar-refractivity contribution in [2.75, 3.05) is 12.3 Å². The number of rotatable bonds is 4. The van der Waals surface area contributed by atoms with Gasteiger partial charge in [-0.05, 0) is 36.5 Å². The highest BCUT2D eigenvalue weighted by atomic mass is 14.9. The molecule has 2 heteroatoms. The van der Waals surface area contributed by atoms with Crippen molar-refractivity contribution >= 4 is 5.69 Å². The second-order valence-electron chi connectivity index (χ2n) is 4.96. The van der Waals surface area contributed by atoms with E-state index in [2.05, 4.69) is 24.4 Å². The molecule has 2 rings (SSSR count). The van der Waals surface area contributed by atoms with E-state index in [9.17, 15) is 0 Å². The Morgan fingerprint density at radius 1 is 1.25 bits per heavy atom. The van der Waals surface area contributed by atoms with Gasteiger partial charge in [0.15, 0.2) is 0 Å². The van der Waals surface area contributed by atoms with E-state index in [4.69, 9.17) is 5.73 Å². The molecule has 2 nitrogen and oxygen atoms in total. The smallest absolute Gasteiger partial charge is 0.0314 e. The van der Waals surface area contributed by atoms with Crippen LogP contribution >= 0.6 is 0 Å². The van der Waals surface area contributed by atoms with Gasteiger partial charge in [-0.15, -0.1) is 0 Å². The van der Waals surface area contributed by atoms with Crippen molar-refractivity contribution in [3.63, 3.8) is 0 Å². The lowest BCUT2D eigenvalue weighted by atomic mass is 10.0. The molecular weight excluding hydrogens is 196 g/mol. The zero-order chi connectivity index (χ0) is 11.4. The van der Waals surface area contributed by atoms with E-state index in [1.807, 2.05) is 12.1 Å². The normalized spacial score (nSPS) is 18.8. The second kappa shape index (κ2) is 5.35. The third-order valence-electron chi connectivity index (χ3n) is 3.57. The molecule has 1 aliphatic rings. The van der Waals surface area contributed by atoms with E-state index in [0.717, 1.165) is 18.3 Å².